The molecule has 3 fully saturated rings. The second-order valence-corrected chi connectivity index (χ2v) is 23.3. The van der Waals surface area contributed by atoms with Crippen molar-refractivity contribution in [3.8, 4) is 5.75 Å². The number of epoxide rings is 1. The lowest BCUT2D eigenvalue weighted by Crippen LogP contribution is -2.61. The number of ether oxygens (including phenoxy) is 6. The summed E-state index contributed by atoms with van der Waals surface area (Å²) in [6.07, 6.45) is -3.33. The number of allylic oxidation sites excluding steroid dienone is 2. The molecule has 0 spiro atoms. The van der Waals surface area contributed by atoms with Crippen LogP contribution in [0.25, 0.3) is 0 Å². The van der Waals surface area contributed by atoms with E-state index in [1.54, 1.807) is 45.1 Å². The van der Waals surface area contributed by atoms with Crippen molar-refractivity contribution in [2.75, 3.05) is 44.6 Å². The zero-order chi connectivity index (χ0) is 63.9. The Labute approximate surface area is 504 Å². The number of cyclic esters (lactones) is 1. The quantitative estimate of drug-likeness (QED) is 0.0134. The lowest BCUT2D eigenvalue weighted by Gasteiger charge is -2.38. The van der Waals surface area contributed by atoms with Gasteiger partial charge in [0.05, 0.1) is 42.1 Å². The minimum Gasteiger partial charge on any atom is -0.479 e. The van der Waals surface area contributed by atoms with Gasteiger partial charge in [-0.1, -0.05) is 57.6 Å². The van der Waals surface area contributed by atoms with Gasteiger partial charge in [0.1, 0.15) is 42.4 Å². The van der Waals surface area contributed by atoms with Gasteiger partial charge in [-0.05, 0) is 82.2 Å². The maximum absolute atomic E-state index is 13.8. The van der Waals surface area contributed by atoms with Crippen molar-refractivity contribution < 1.29 is 108 Å². The number of benzene rings is 1. The topological polar surface area (TPSA) is 391 Å². The van der Waals surface area contributed by atoms with Gasteiger partial charge >= 0.3 is 24.1 Å². The highest BCUT2D eigenvalue weighted by Gasteiger charge is 2.49. The summed E-state index contributed by atoms with van der Waals surface area (Å²) < 4.78 is 34.2. The summed E-state index contributed by atoms with van der Waals surface area (Å²) in [4.78, 5) is 105. The second-order valence-electron chi connectivity index (χ2n) is 23.3. The van der Waals surface area contributed by atoms with Crippen LogP contribution in [0.1, 0.15) is 111 Å². The first-order valence-corrected chi connectivity index (χ1v) is 29.5. The molecular formula is C60H85N5O22. The van der Waals surface area contributed by atoms with E-state index in [-0.39, 0.29) is 125 Å². The van der Waals surface area contributed by atoms with Crippen LogP contribution in [0.3, 0.4) is 0 Å². The van der Waals surface area contributed by atoms with Crippen molar-refractivity contribution in [2.45, 2.75) is 191 Å². The van der Waals surface area contributed by atoms with Crippen LogP contribution in [0.5, 0.6) is 5.75 Å². The maximum Gasteiger partial charge on any atom is 0.410 e. The fraction of sp³-hybridized carbons (Fsp3) is 0.633. The molecule has 5 heterocycles. The lowest BCUT2D eigenvalue weighted by molar-refractivity contribution is -0.271. The lowest BCUT2D eigenvalue weighted by atomic mass is 9.88. The molecule has 6 amide bonds. The van der Waals surface area contributed by atoms with E-state index >= 15 is 0 Å². The summed E-state index contributed by atoms with van der Waals surface area (Å²) in [6, 6.07) is 4.07. The number of unbranched alkanes of at least 4 members (excludes halogenated alkanes) is 2. The molecule has 27 heteroatoms. The van der Waals surface area contributed by atoms with Crippen molar-refractivity contribution in [1.29, 1.82) is 0 Å². The number of hydrogen-bond donors (Lipinski definition) is 10. The number of aliphatic hydroxyl groups excluding tert-OH is 5. The SMILES string of the molecule is CC[C@H](O)[C@@H](C)[C@H]1O[C@@H]1C[C@@](C)(O)/C=C/C=C(\C)[C@H]1OC(=O)C[C@H](O)CC[C@@](C)(O)[C@@H](OC(=O)N2CCN(C(=O)OCc3ccc(O[C@@H]4O[C@H](C(=O)O)[C@@H](O)[C@H](O)[C@H]4O)c(NC(=O)CCNC(=O)CCCCCN4C(=O)C=CC4=O)c3)CC2)/C=C/[C@@H]1C. The number of hydrogen-bond acceptors (Lipinski definition) is 21. The second kappa shape index (κ2) is 31.4. The summed E-state index contributed by atoms with van der Waals surface area (Å²) in [5.41, 5.74) is -2.18. The van der Waals surface area contributed by atoms with E-state index in [1.807, 2.05) is 13.8 Å². The number of carbonyl (C=O) groups is 8. The number of nitrogens with one attached hydrogen (secondary N) is 2. The van der Waals surface area contributed by atoms with Crippen molar-refractivity contribution >= 4 is 53.4 Å². The monoisotopic (exact) mass is 1230 g/mol. The predicted molar refractivity (Wildman–Crippen MR) is 306 cm³/mol. The van der Waals surface area contributed by atoms with Gasteiger partial charge in [-0.15, -0.1) is 0 Å². The van der Waals surface area contributed by atoms with Gasteiger partial charge in [0.25, 0.3) is 11.8 Å². The Bertz CT molecular complexity index is 2710. The zero-order valence-electron chi connectivity index (χ0n) is 49.9. The molecule has 482 valence electrons. The molecule has 15 atom stereocenters. The molecule has 27 nitrogen and oxygen atoms in total. The summed E-state index contributed by atoms with van der Waals surface area (Å²) in [7, 11) is 0. The van der Waals surface area contributed by atoms with Crippen LogP contribution >= 0.6 is 0 Å². The molecule has 10 N–H and O–H groups in total. The molecule has 0 radical (unpaired) electrons. The molecule has 0 unspecified atom stereocenters. The Kier molecular flexibility index (Phi) is 25.0. The first-order valence-electron chi connectivity index (χ1n) is 29.5. The number of rotatable bonds is 24. The molecule has 87 heavy (non-hydrogen) atoms. The van der Waals surface area contributed by atoms with Crippen molar-refractivity contribution in [3.63, 3.8) is 0 Å². The smallest absolute Gasteiger partial charge is 0.410 e. The number of aliphatic hydroxyl groups is 7. The number of anilines is 1. The van der Waals surface area contributed by atoms with E-state index in [0.29, 0.717) is 43.2 Å². The van der Waals surface area contributed by atoms with E-state index in [0.717, 1.165) is 4.90 Å². The average Bonchev–Trinajstić information content (AvgIpc) is 3.09. The minimum atomic E-state index is -2.01. The number of piperazine rings is 1. The number of imide groups is 1. The molecule has 0 saturated carbocycles. The molecular weight excluding hydrogens is 1140 g/mol. The van der Waals surface area contributed by atoms with Crippen molar-refractivity contribution in [2.24, 2.45) is 11.8 Å². The van der Waals surface area contributed by atoms with Gasteiger partial charge < -0.3 is 89.7 Å². The van der Waals surface area contributed by atoms with Crippen LogP contribution in [0.2, 0.25) is 0 Å². The highest BCUT2D eigenvalue weighted by molar-refractivity contribution is 6.12. The van der Waals surface area contributed by atoms with Gasteiger partial charge in [-0.2, -0.15) is 0 Å². The first kappa shape index (κ1) is 69.3. The highest BCUT2D eigenvalue weighted by Crippen LogP contribution is 2.38. The Morgan fingerprint density at radius 3 is 2.24 bits per heavy atom. The Morgan fingerprint density at radius 2 is 1.57 bits per heavy atom. The average molecular weight is 1230 g/mol. The summed E-state index contributed by atoms with van der Waals surface area (Å²) in [5, 5.41) is 90.1. The molecule has 3 saturated heterocycles. The minimum absolute atomic E-state index is 0.000975. The molecule has 0 aromatic heterocycles. The van der Waals surface area contributed by atoms with Crippen LogP contribution in [0.4, 0.5) is 15.3 Å². The van der Waals surface area contributed by atoms with E-state index in [4.69, 9.17) is 28.4 Å². The molecule has 5 aliphatic rings. The van der Waals surface area contributed by atoms with Crippen LogP contribution in [-0.2, 0) is 59.1 Å². The van der Waals surface area contributed by atoms with E-state index < -0.39 is 102 Å². The van der Waals surface area contributed by atoms with E-state index in [9.17, 15) is 79.2 Å². The van der Waals surface area contributed by atoms with Gasteiger partial charge in [0, 0.05) is 82.5 Å². The maximum atomic E-state index is 13.8. The molecule has 5 aliphatic heterocycles. The third-order valence-corrected chi connectivity index (χ3v) is 16.0. The first-order chi connectivity index (χ1) is 41.1. The van der Waals surface area contributed by atoms with E-state index in [2.05, 4.69) is 10.6 Å². The van der Waals surface area contributed by atoms with Crippen LogP contribution in [-0.4, -0.2) is 221 Å². The fourth-order valence-corrected chi connectivity index (χ4v) is 10.4. The third-order valence-electron chi connectivity index (χ3n) is 16.0. The molecule has 1 aromatic carbocycles. The predicted octanol–water partition coefficient (Wildman–Crippen LogP) is 1.87. The highest BCUT2D eigenvalue weighted by atomic mass is 16.7. The van der Waals surface area contributed by atoms with Crippen molar-refractivity contribution in [3.05, 3.63) is 71.9 Å². The Balaban J connectivity index is 1.04. The normalized spacial score (nSPS) is 29.9. The fourth-order valence-electron chi connectivity index (χ4n) is 10.4. The Hall–Kier alpha value is -6.82. The van der Waals surface area contributed by atoms with Crippen LogP contribution in [0.15, 0.2) is 66.3 Å². The standard InChI is InChI=1S/C60H85N5O22/c1-7-40(67)36(4)53-42(83-53)32-59(5,80)22-11-12-34(2)52-35(3)14-17-43(60(6,81)23-20-38(66)31-48(72)86-52)85-58(79)64-28-26-63(27-29-64)57(78)82-33-37-15-16-41(84-56-51(75)49(73)50(74)54(87-56)55(76)77)39(30-37)62-45(69)21-24-61-44(68)13-9-8-10-25-65-46(70)18-19-47(65)71/h11-12,14-19,22,30,35-36,38,40,42-43,49-54,56,66-67,73-75,80-81H,7-10,13,20-21,23-29,31-33H2,1-6H3,(H,61,68)(H,62,69)(H,76,77)/b17-14+,22-11+,34-12+/t35-,36+,38+,40-,42+,43-,49-,50-,51+,52+,53+,54-,56+,59-,60+/m0/s1. The number of carboxylic acid groups (broad SMARTS) is 1. The van der Waals surface area contributed by atoms with Crippen LogP contribution in [0, 0.1) is 11.8 Å². The number of esters is 1. The third kappa shape index (κ3) is 20.1. The molecule has 6 rings (SSSR count). The molecule has 0 bridgehead atoms. The number of carbonyl (C=O) groups excluding carboxylic acids is 7. The number of amides is 6. The molecule has 1 aromatic rings. The van der Waals surface area contributed by atoms with Gasteiger partial charge in [-0.3, -0.25) is 28.9 Å². The molecule has 0 aliphatic carbocycles. The van der Waals surface area contributed by atoms with Gasteiger partial charge in [0.2, 0.25) is 18.1 Å². The van der Waals surface area contributed by atoms with Crippen LogP contribution < -0.4 is 15.4 Å². The van der Waals surface area contributed by atoms with E-state index in [1.165, 1.54) is 53.2 Å². The largest absolute Gasteiger partial charge is 0.479 e. The zero-order valence-corrected chi connectivity index (χ0v) is 49.9. The summed E-state index contributed by atoms with van der Waals surface area (Å²) in [6.45, 7) is 10.2. The number of carboxylic acids is 1. The van der Waals surface area contributed by atoms with Gasteiger partial charge in [-0.25, -0.2) is 14.4 Å². The number of aliphatic carboxylic acids is 1. The van der Waals surface area contributed by atoms with Crippen molar-refractivity contribution in [1.82, 2.24) is 20.0 Å². The summed E-state index contributed by atoms with van der Waals surface area (Å²) >= 11 is 0. The Morgan fingerprint density at radius 1 is 0.897 bits per heavy atom. The van der Waals surface area contributed by atoms with Gasteiger partial charge in [0.15, 0.2) is 12.2 Å². The number of nitrogens with zero attached hydrogens (tertiary/aromatic N) is 3. The summed E-state index contributed by atoms with van der Waals surface area (Å²) in [5.74, 6) is -4.93.